The standard InChI is InChI=1S/C24H33F3N4O3S/c1-14(2)17-8-24(22(32)30-33,6-5-16(4)25)13-31(11-17)12-18-10-29-21(35-18)19-7-15(3)9-28-20(19)34-23(26)27/h7,9-10,14,16-17,21,23,29H,5-6,8,11-13H2,1-4H3. The zero-order valence-electron chi connectivity index (χ0n) is 20.5. The third-order valence-electron chi connectivity index (χ3n) is 6.72. The fourth-order valence-electron chi connectivity index (χ4n) is 4.83. The number of ether oxygens (including phenoxy) is 1. The molecule has 1 fully saturated rings. The first-order chi connectivity index (χ1) is 16.5. The first-order valence-electron chi connectivity index (χ1n) is 11.8. The van der Waals surface area contributed by atoms with Gasteiger partial charge in [-0.1, -0.05) is 25.6 Å². The number of rotatable bonds is 10. The minimum absolute atomic E-state index is 0.120. The van der Waals surface area contributed by atoms with Crippen LogP contribution in [0.25, 0.3) is 0 Å². The van der Waals surface area contributed by atoms with E-state index in [1.54, 1.807) is 6.07 Å². The summed E-state index contributed by atoms with van der Waals surface area (Å²) in [7, 11) is 0. The number of piperidine rings is 1. The lowest BCUT2D eigenvalue weighted by molar-refractivity contribution is -0.133. The molecule has 1 N–H and O–H groups in total. The van der Waals surface area contributed by atoms with Gasteiger partial charge in [0.15, 0.2) is 0 Å². The predicted molar refractivity (Wildman–Crippen MR) is 130 cm³/mol. The maximum atomic E-state index is 13.7. The molecule has 0 bridgehead atoms. The minimum Gasteiger partial charge on any atom is -0.417 e. The lowest BCUT2D eigenvalue weighted by Crippen LogP contribution is -2.52. The van der Waals surface area contributed by atoms with E-state index in [-0.39, 0.29) is 35.9 Å². The van der Waals surface area contributed by atoms with Crippen LogP contribution in [0.1, 0.15) is 56.5 Å². The van der Waals surface area contributed by atoms with Crippen LogP contribution in [0, 0.1) is 29.1 Å². The number of amides is 1. The number of nitrogens with one attached hydrogen (secondary N) is 1. The molecule has 0 radical (unpaired) electrons. The lowest BCUT2D eigenvalue weighted by atomic mass is 9.69. The van der Waals surface area contributed by atoms with Gasteiger partial charge in [0.25, 0.3) is 5.91 Å². The number of alkyl halides is 3. The molecule has 0 spiro atoms. The highest BCUT2D eigenvalue weighted by molar-refractivity contribution is 8.03. The molecule has 1 aromatic heterocycles. The Morgan fingerprint density at radius 1 is 1.37 bits per heavy atom. The Kier molecular flexibility index (Phi) is 9.20. The Morgan fingerprint density at radius 2 is 2.11 bits per heavy atom. The van der Waals surface area contributed by atoms with Gasteiger partial charge in [-0.15, -0.1) is 4.91 Å². The quantitative estimate of drug-likeness (QED) is 0.409. The zero-order chi connectivity index (χ0) is 25.8. The first kappa shape index (κ1) is 27.4. The molecule has 4 unspecified atom stereocenters. The maximum Gasteiger partial charge on any atom is 0.388 e. The van der Waals surface area contributed by atoms with Crippen LogP contribution in [0.5, 0.6) is 5.88 Å². The SMILES string of the molecule is Cc1cnc(OC(F)F)c(C2NC=C(CN3CC(C(C)C)CC(CCC(C)F)(C(=O)N=O)C3)S2)c1. The van der Waals surface area contributed by atoms with E-state index < -0.39 is 24.1 Å². The summed E-state index contributed by atoms with van der Waals surface area (Å²) >= 11 is 1.46. The monoisotopic (exact) mass is 514 g/mol. The van der Waals surface area contributed by atoms with Crippen LogP contribution in [-0.4, -0.2) is 48.2 Å². The molecule has 2 aliphatic rings. The van der Waals surface area contributed by atoms with Crippen LogP contribution in [0.2, 0.25) is 0 Å². The summed E-state index contributed by atoms with van der Waals surface area (Å²) < 4.78 is 44.0. The number of hydrogen-bond donors (Lipinski definition) is 1. The molecule has 0 saturated carbocycles. The van der Waals surface area contributed by atoms with E-state index in [1.807, 2.05) is 13.1 Å². The molecule has 1 saturated heterocycles. The number of nitroso groups, excluding NO2 is 1. The average Bonchev–Trinajstić information content (AvgIpc) is 3.26. The Labute approximate surface area is 208 Å². The molecular formula is C24H33F3N4O3S. The third-order valence-corrected chi connectivity index (χ3v) is 7.89. The van der Waals surface area contributed by atoms with Crippen molar-refractivity contribution in [1.29, 1.82) is 0 Å². The van der Waals surface area contributed by atoms with E-state index >= 15 is 0 Å². The van der Waals surface area contributed by atoms with Gasteiger partial charge >= 0.3 is 6.61 Å². The van der Waals surface area contributed by atoms with Gasteiger partial charge < -0.3 is 10.1 Å². The van der Waals surface area contributed by atoms with Gasteiger partial charge in [0.05, 0.1) is 11.6 Å². The van der Waals surface area contributed by atoms with Gasteiger partial charge in [0.2, 0.25) is 5.88 Å². The Morgan fingerprint density at radius 3 is 2.74 bits per heavy atom. The number of aromatic nitrogens is 1. The molecule has 1 aromatic rings. The second kappa shape index (κ2) is 11.7. The number of pyridine rings is 1. The van der Waals surface area contributed by atoms with Crippen molar-refractivity contribution in [2.75, 3.05) is 19.6 Å². The van der Waals surface area contributed by atoms with E-state index in [1.165, 1.54) is 24.9 Å². The molecule has 0 aromatic carbocycles. The zero-order valence-corrected chi connectivity index (χ0v) is 21.3. The normalized spacial score (nSPS) is 25.9. The summed E-state index contributed by atoms with van der Waals surface area (Å²) in [5.74, 6) is -0.419. The van der Waals surface area contributed by atoms with Crippen molar-refractivity contribution in [3.63, 3.8) is 0 Å². The molecular weight excluding hydrogens is 481 g/mol. The summed E-state index contributed by atoms with van der Waals surface area (Å²) in [6.07, 6.45) is 3.19. The van der Waals surface area contributed by atoms with E-state index in [4.69, 9.17) is 0 Å². The smallest absolute Gasteiger partial charge is 0.388 e. The van der Waals surface area contributed by atoms with Crippen molar-refractivity contribution in [2.45, 2.75) is 65.1 Å². The molecule has 0 aliphatic carbocycles. The molecule has 7 nitrogen and oxygen atoms in total. The molecule has 11 heteroatoms. The van der Waals surface area contributed by atoms with E-state index in [0.717, 1.165) is 17.0 Å². The number of thioether (sulfide) groups is 1. The van der Waals surface area contributed by atoms with Gasteiger partial charge in [0.1, 0.15) is 5.37 Å². The van der Waals surface area contributed by atoms with Crippen LogP contribution in [0.4, 0.5) is 13.2 Å². The van der Waals surface area contributed by atoms with Crippen molar-refractivity contribution in [3.05, 3.63) is 39.4 Å². The van der Waals surface area contributed by atoms with Crippen molar-refractivity contribution < 1.29 is 22.7 Å². The number of aryl methyl sites for hydroxylation is 1. The average molecular weight is 515 g/mol. The van der Waals surface area contributed by atoms with Crippen molar-refractivity contribution in [2.24, 2.45) is 22.4 Å². The van der Waals surface area contributed by atoms with Gasteiger partial charge in [-0.2, -0.15) is 8.78 Å². The second-order valence-corrected chi connectivity index (χ2v) is 11.2. The molecule has 3 rings (SSSR count). The Balaban J connectivity index is 1.76. The highest BCUT2D eigenvalue weighted by Gasteiger charge is 2.47. The van der Waals surface area contributed by atoms with Gasteiger partial charge in [0, 0.05) is 47.7 Å². The van der Waals surface area contributed by atoms with Gasteiger partial charge in [-0.25, -0.2) is 9.37 Å². The fourth-order valence-corrected chi connectivity index (χ4v) is 5.96. The first-order valence-corrected chi connectivity index (χ1v) is 12.7. The van der Waals surface area contributed by atoms with Gasteiger partial charge in [-0.05, 0) is 56.6 Å². The minimum atomic E-state index is -2.98. The summed E-state index contributed by atoms with van der Waals surface area (Å²) in [4.78, 5) is 31.1. The Hall–Kier alpha value is -2.14. The lowest BCUT2D eigenvalue weighted by Gasteiger charge is -2.45. The number of hydrogen-bond acceptors (Lipinski definition) is 7. The number of likely N-dealkylation sites (tertiary alicyclic amines) is 1. The van der Waals surface area contributed by atoms with E-state index in [0.29, 0.717) is 25.1 Å². The van der Waals surface area contributed by atoms with Crippen molar-refractivity contribution in [1.82, 2.24) is 15.2 Å². The second-order valence-electron chi connectivity index (χ2n) is 9.93. The molecule has 4 atom stereocenters. The molecule has 35 heavy (non-hydrogen) atoms. The van der Waals surface area contributed by atoms with Crippen molar-refractivity contribution >= 4 is 17.7 Å². The topological polar surface area (TPSA) is 83.9 Å². The van der Waals surface area contributed by atoms with Gasteiger partial charge in [-0.3, -0.25) is 9.69 Å². The molecule has 1 amide bonds. The predicted octanol–water partition coefficient (Wildman–Crippen LogP) is 5.56. The van der Waals surface area contributed by atoms with Crippen LogP contribution >= 0.6 is 11.8 Å². The van der Waals surface area contributed by atoms with E-state index in [2.05, 4.69) is 39.0 Å². The van der Waals surface area contributed by atoms with Crippen LogP contribution in [0.3, 0.4) is 0 Å². The van der Waals surface area contributed by atoms with Crippen LogP contribution in [0.15, 0.2) is 28.5 Å². The summed E-state index contributed by atoms with van der Waals surface area (Å²) in [6, 6.07) is 1.76. The molecule has 194 valence electrons. The van der Waals surface area contributed by atoms with E-state index in [9.17, 15) is 22.9 Å². The summed E-state index contributed by atoms with van der Waals surface area (Å²) in [5, 5.41) is 5.62. The van der Waals surface area contributed by atoms with Crippen LogP contribution < -0.4 is 10.1 Å². The fraction of sp³-hybridized carbons (Fsp3) is 0.667. The molecule has 2 aliphatic heterocycles. The number of halogens is 3. The highest BCUT2D eigenvalue weighted by atomic mass is 32.2. The third kappa shape index (κ3) is 6.97. The summed E-state index contributed by atoms with van der Waals surface area (Å²) in [5.41, 5.74) is 0.330. The number of carbonyl (C=O) groups is 1. The highest BCUT2D eigenvalue weighted by Crippen LogP contribution is 2.44. The van der Waals surface area contributed by atoms with Crippen molar-refractivity contribution in [3.8, 4) is 5.88 Å². The van der Waals surface area contributed by atoms with Crippen LogP contribution in [-0.2, 0) is 4.79 Å². The molecule has 3 heterocycles. The maximum absolute atomic E-state index is 13.7. The number of carbonyl (C=O) groups excluding carboxylic acids is 1. The largest absolute Gasteiger partial charge is 0.417 e. The Bertz CT molecular complexity index is 947. The number of nitrogens with zero attached hydrogens (tertiary/aromatic N) is 3. The summed E-state index contributed by atoms with van der Waals surface area (Å²) in [6.45, 7) is 6.00.